The molecule has 2 atom stereocenters. The fraction of sp³-hybridized carbons (Fsp3) is 0.292. The number of carbonyl (C=O) groups is 3. The van der Waals surface area contributed by atoms with Crippen LogP contribution in [0.5, 0.6) is 5.75 Å². The first-order valence-electron chi connectivity index (χ1n) is 10.5. The lowest BCUT2D eigenvalue weighted by atomic mass is 9.80. The maximum absolute atomic E-state index is 13.0. The predicted octanol–water partition coefficient (Wildman–Crippen LogP) is 3.69. The van der Waals surface area contributed by atoms with E-state index in [0.29, 0.717) is 42.1 Å². The highest BCUT2D eigenvalue weighted by Gasteiger charge is 2.42. The van der Waals surface area contributed by atoms with Crippen LogP contribution in [0, 0.1) is 11.8 Å². The minimum atomic E-state index is -0.376. The first-order valence-corrected chi connectivity index (χ1v) is 10.5. The highest BCUT2D eigenvalue weighted by molar-refractivity contribution is 6.07. The van der Waals surface area contributed by atoms with Gasteiger partial charge < -0.3 is 10.1 Å². The van der Waals surface area contributed by atoms with E-state index in [2.05, 4.69) is 10.7 Å². The van der Waals surface area contributed by atoms with E-state index in [1.54, 1.807) is 36.4 Å². The second kappa shape index (κ2) is 9.04. The highest BCUT2D eigenvalue weighted by Crippen LogP contribution is 2.32. The number of para-hydroxylation sites is 2. The van der Waals surface area contributed by atoms with Gasteiger partial charge in [-0.1, -0.05) is 37.3 Å². The van der Waals surface area contributed by atoms with Crippen LogP contribution >= 0.6 is 0 Å². The Hall–Kier alpha value is -3.61. The van der Waals surface area contributed by atoms with E-state index in [1.807, 2.05) is 31.2 Å². The number of amides is 3. The lowest BCUT2D eigenvalue weighted by Gasteiger charge is -2.38. The molecule has 1 aliphatic carbocycles. The van der Waals surface area contributed by atoms with Gasteiger partial charge in [0.05, 0.1) is 29.8 Å². The van der Waals surface area contributed by atoms with E-state index < -0.39 is 0 Å². The quantitative estimate of drug-likeness (QED) is 0.699. The minimum Gasteiger partial charge on any atom is -0.491 e. The second-order valence-corrected chi connectivity index (χ2v) is 7.65. The summed E-state index contributed by atoms with van der Waals surface area (Å²) in [5.74, 6) is -0.776. The van der Waals surface area contributed by atoms with Crippen molar-refractivity contribution in [2.24, 2.45) is 11.8 Å². The summed E-state index contributed by atoms with van der Waals surface area (Å²) in [5, 5.41) is 4.13. The first-order chi connectivity index (χ1) is 15.1. The predicted molar refractivity (Wildman–Crippen MR) is 118 cm³/mol. The van der Waals surface area contributed by atoms with Crippen LogP contribution in [0.4, 0.5) is 11.4 Å². The van der Waals surface area contributed by atoms with Crippen LogP contribution < -0.4 is 20.5 Å². The third kappa shape index (κ3) is 4.30. The zero-order valence-electron chi connectivity index (χ0n) is 17.3. The topological polar surface area (TPSA) is 87.7 Å². The molecular weight excluding hydrogens is 394 g/mol. The van der Waals surface area contributed by atoms with Gasteiger partial charge in [0.25, 0.3) is 5.91 Å². The second-order valence-electron chi connectivity index (χ2n) is 7.65. The number of nitrogens with one attached hydrogen (secondary N) is 2. The van der Waals surface area contributed by atoms with Crippen molar-refractivity contribution in [3.8, 4) is 5.75 Å². The number of hydrogen-bond acceptors (Lipinski definition) is 4. The summed E-state index contributed by atoms with van der Waals surface area (Å²) in [6.07, 6.45) is 5.85. The molecule has 1 aliphatic heterocycles. The van der Waals surface area contributed by atoms with Gasteiger partial charge in [-0.25, -0.2) is 5.01 Å². The molecule has 0 aromatic heterocycles. The van der Waals surface area contributed by atoms with Crippen LogP contribution in [-0.2, 0) is 9.59 Å². The molecule has 4 rings (SSSR count). The molecule has 2 aromatic rings. The molecule has 160 valence electrons. The molecule has 7 heteroatoms. The summed E-state index contributed by atoms with van der Waals surface area (Å²) in [6.45, 7) is 2.57. The molecule has 1 heterocycles. The normalized spacial score (nSPS) is 20.1. The standard InChI is InChI=1S/C24H25N3O4/c1-2-14-31-21-13-6-5-12-20(21)25-22(28)16-8-7-9-17(15-16)27-24(30)19-11-4-3-10-18(19)23(29)26-27/h3-9,12-13,15,18-19H,2,10-11,14H2,1H3,(H,25,28)(H,26,29)/t18-,19-/m1/s1. The van der Waals surface area contributed by atoms with Gasteiger partial charge in [-0.3, -0.25) is 19.8 Å². The minimum absolute atomic E-state index is 0.162. The van der Waals surface area contributed by atoms with E-state index in [9.17, 15) is 14.4 Å². The Balaban J connectivity index is 1.54. The van der Waals surface area contributed by atoms with Crippen molar-refractivity contribution < 1.29 is 19.1 Å². The Bertz CT molecular complexity index is 1030. The molecule has 0 bridgehead atoms. The number of carbonyl (C=O) groups excluding carboxylic acids is 3. The largest absolute Gasteiger partial charge is 0.491 e. The number of hydrazine groups is 1. The van der Waals surface area contributed by atoms with Crippen molar-refractivity contribution in [3.63, 3.8) is 0 Å². The molecule has 0 saturated carbocycles. The van der Waals surface area contributed by atoms with Gasteiger partial charge >= 0.3 is 0 Å². The van der Waals surface area contributed by atoms with Crippen LogP contribution in [-0.4, -0.2) is 24.3 Å². The smallest absolute Gasteiger partial charge is 0.255 e. The number of benzene rings is 2. The average molecular weight is 419 g/mol. The zero-order valence-corrected chi connectivity index (χ0v) is 17.3. The maximum atomic E-state index is 13.0. The van der Waals surface area contributed by atoms with Crippen molar-refractivity contribution in [1.82, 2.24) is 5.43 Å². The van der Waals surface area contributed by atoms with Gasteiger partial charge in [0.1, 0.15) is 5.75 Å². The molecule has 2 N–H and O–H groups in total. The Morgan fingerprint density at radius 3 is 2.68 bits per heavy atom. The third-order valence-electron chi connectivity index (χ3n) is 5.49. The molecule has 2 aliphatic rings. The molecule has 0 radical (unpaired) electrons. The molecular formula is C24H25N3O4. The molecule has 3 amide bonds. The zero-order chi connectivity index (χ0) is 21.8. The summed E-state index contributed by atoms with van der Waals surface area (Å²) < 4.78 is 5.70. The summed E-state index contributed by atoms with van der Waals surface area (Å²) in [7, 11) is 0. The number of anilines is 2. The molecule has 2 aromatic carbocycles. The van der Waals surface area contributed by atoms with Crippen LogP contribution in [0.1, 0.15) is 36.5 Å². The summed E-state index contributed by atoms with van der Waals surface area (Å²) >= 11 is 0. The van der Waals surface area contributed by atoms with Crippen molar-refractivity contribution in [2.45, 2.75) is 26.2 Å². The number of fused-ring (bicyclic) bond motifs is 1. The van der Waals surface area contributed by atoms with Crippen LogP contribution in [0.25, 0.3) is 0 Å². The van der Waals surface area contributed by atoms with Crippen LogP contribution in [0.2, 0.25) is 0 Å². The molecule has 0 spiro atoms. The molecule has 1 saturated heterocycles. The molecule has 1 fully saturated rings. The average Bonchev–Trinajstić information content (AvgIpc) is 2.81. The van der Waals surface area contributed by atoms with Gasteiger partial charge in [0.2, 0.25) is 11.8 Å². The Morgan fingerprint density at radius 2 is 1.87 bits per heavy atom. The van der Waals surface area contributed by atoms with Crippen LogP contribution in [0.3, 0.4) is 0 Å². The summed E-state index contributed by atoms with van der Waals surface area (Å²) in [4.78, 5) is 38.4. The summed E-state index contributed by atoms with van der Waals surface area (Å²) in [5.41, 5.74) is 4.09. The van der Waals surface area contributed by atoms with Crippen molar-refractivity contribution in [2.75, 3.05) is 16.9 Å². The van der Waals surface area contributed by atoms with Gasteiger partial charge in [-0.15, -0.1) is 0 Å². The summed E-state index contributed by atoms with van der Waals surface area (Å²) in [6, 6.07) is 13.9. The van der Waals surface area contributed by atoms with Crippen LogP contribution in [0.15, 0.2) is 60.7 Å². The number of hydrogen-bond donors (Lipinski definition) is 2. The van der Waals surface area contributed by atoms with Gasteiger partial charge in [-0.05, 0) is 49.6 Å². The third-order valence-corrected chi connectivity index (χ3v) is 5.49. The molecule has 0 unspecified atom stereocenters. The lowest BCUT2D eigenvalue weighted by molar-refractivity contribution is -0.139. The SMILES string of the molecule is CCCOc1ccccc1NC(=O)c1cccc(N2NC(=O)[C@@H]3CC=CC[C@H]3C2=O)c1. The first kappa shape index (κ1) is 20.7. The van der Waals surface area contributed by atoms with E-state index in [4.69, 9.17) is 4.74 Å². The fourth-order valence-electron chi connectivity index (χ4n) is 3.87. The van der Waals surface area contributed by atoms with Gasteiger partial charge in [-0.2, -0.15) is 0 Å². The molecule has 7 nitrogen and oxygen atoms in total. The number of rotatable bonds is 6. The van der Waals surface area contributed by atoms with Crippen molar-refractivity contribution in [3.05, 3.63) is 66.2 Å². The fourth-order valence-corrected chi connectivity index (χ4v) is 3.87. The monoisotopic (exact) mass is 419 g/mol. The highest BCUT2D eigenvalue weighted by atomic mass is 16.5. The van der Waals surface area contributed by atoms with Gasteiger partial charge in [0.15, 0.2) is 0 Å². The Morgan fingerprint density at radius 1 is 1.10 bits per heavy atom. The lowest BCUT2D eigenvalue weighted by Crippen LogP contribution is -2.59. The van der Waals surface area contributed by atoms with Gasteiger partial charge in [0, 0.05) is 5.56 Å². The van der Waals surface area contributed by atoms with E-state index in [-0.39, 0.29) is 29.6 Å². The molecule has 31 heavy (non-hydrogen) atoms. The van der Waals surface area contributed by atoms with Crippen molar-refractivity contribution >= 4 is 29.1 Å². The van der Waals surface area contributed by atoms with E-state index in [0.717, 1.165) is 6.42 Å². The Labute approximate surface area is 181 Å². The maximum Gasteiger partial charge on any atom is 0.255 e. The van der Waals surface area contributed by atoms with Crippen molar-refractivity contribution in [1.29, 1.82) is 0 Å². The van der Waals surface area contributed by atoms with E-state index in [1.165, 1.54) is 5.01 Å². The number of nitrogens with zero attached hydrogens (tertiary/aromatic N) is 1. The number of allylic oxidation sites excluding steroid dienone is 2. The Kier molecular flexibility index (Phi) is 6.02. The van der Waals surface area contributed by atoms with E-state index >= 15 is 0 Å². The number of ether oxygens (including phenoxy) is 1.